The van der Waals surface area contributed by atoms with Gasteiger partial charge in [-0.15, -0.1) is 0 Å². The molecule has 1 atom stereocenters. The van der Waals surface area contributed by atoms with Crippen LogP contribution in [0.25, 0.3) is 0 Å². The van der Waals surface area contributed by atoms with Gasteiger partial charge in [-0.25, -0.2) is 0 Å². The zero-order valence-corrected chi connectivity index (χ0v) is 14.3. The van der Waals surface area contributed by atoms with Crippen molar-refractivity contribution in [1.82, 2.24) is 15.1 Å². The van der Waals surface area contributed by atoms with Crippen LogP contribution in [0.15, 0.2) is 4.99 Å². The molecule has 2 saturated carbocycles. The van der Waals surface area contributed by atoms with Gasteiger partial charge in [0.15, 0.2) is 5.96 Å². The van der Waals surface area contributed by atoms with Gasteiger partial charge in [0.1, 0.15) is 0 Å². The predicted octanol–water partition coefficient (Wildman–Crippen LogP) is 1.40. The third-order valence-corrected chi connectivity index (χ3v) is 5.12. The van der Waals surface area contributed by atoms with Crippen molar-refractivity contribution in [1.29, 1.82) is 0 Å². The van der Waals surface area contributed by atoms with Gasteiger partial charge in [-0.3, -0.25) is 4.99 Å². The van der Waals surface area contributed by atoms with Gasteiger partial charge >= 0.3 is 0 Å². The topological polar surface area (TPSA) is 40.1 Å². The Labute approximate surface area is 135 Å². The first kappa shape index (κ1) is 16.1. The number of rotatable bonds is 8. The summed E-state index contributed by atoms with van der Waals surface area (Å²) in [5.74, 6) is 2.62. The second-order valence-corrected chi connectivity index (χ2v) is 7.25. The third kappa shape index (κ3) is 4.85. The number of guanidine groups is 1. The molecule has 1 aliphatic heterocycles. The Balaban J connectivity index is 1.30. The summed E-state index contributed by atoms with van der Waals surface area (Å²) in [6.07, 6.45) is 6.89. The summed E-state index contributed by atoms with van der Waals surface area (Å²) in [7, 11) is 3.97. The first-order chi connectivity index (χ1) is 10.8. The Bertz CT molecular complexity index is 379. The first-order valence-corrected chi connectivity index (χ1v) is 9.00. The van der Waals surface area contributed by atoms with Crippen LogP contribution in [0, 0.1) is 11.8 Å². The van der Waals surface area contributed by atoms with E-state index in [-0.39, 0.29) is 0 Å². The van der Waals surface area contributed by atoms with Crippen molar-refractivity contribution in [2.45, 2.75) is 38.1 Å². The molecular formula is C17H32N4O. The number of nitrogens with one attached hydrogen (secondary N) is 1. The van der Waals surface area contributed by atoms with Crippen LogP contribution in [0.3, 0.4) is 0 Å². The largest absolute Gasteiger partial charge is 0.379 e. The van der Waals surface area contributed by atoms with E-state index in [1.54, 1.807) is 0 Å². The lowest BCUT2D eigenvalue weighted by atomic mass is 10.1. The van der Waals surface area contributed by atoms with Crippen LogP contribution in [-0.4, -0.2) is 75.3 Å². The summed E-state index contributed by atoms with van der Waals surface area (Å²) in [6.45, 7) is 6.25. The van der Waals surface area contributed by atoms with Crippen LogP contribution in [0.2, 0.25) is 0 Å². The van der Waals surface area contributed by atoms with Crippen molar-refractivity contribution < 1.29 is 4.74 Å². The van der Waals surface area contributed by atoms with Gasteiger partial charge < -0.3 is 19.9 Å². The second kappa shape index (κ2) is 7.64. The van der Waals surface area contributed by atoms with Crippen LogP contribution >= 0.6 is 0 Å². The Morgan fingerprint density at radius 3 is 2.73 bits per heavy atom. The van der Waals surface area contributed by atoms with E-state index in [1.807, 2.05) is 7.05 Å². The number of nitrogens with zero attached hydrogens (tertiary/aromatic N) is 3. The molecule has 1 heterocycles. The van der Waals surface area contributed by atoms with Crippen molar-refractivity contribution in [3.05, 3.63) is 0 Å². The molecule has 5 heteroatoms. The Kier molecular flexibility index (Phi) is 5.58. The fraction of sp³-hybridized carbons (Fsp3) is 0.941. The summed E-state index contributed by atoms with van der Waals surface area (Å²) in [6, 6.07) is 0.913. The minimum absolute atomic E-state index is 0.775. The van der Waals surface area contributed by atoms with Gasteiger partial charge in [-0.05, 0) is 50.5 Å². The number of likely N-dealkylation sites (tertiary alicyclic amines) is 1. The summed E-state index contributed by atoms with van der Waals surface area (Å²) >= 11 is 0. The smallest absolute Gasteiger partial charge is 0.193 e. The van der Waals surface area contributed by atoms with E-state index in [4.69, 9.17) is 4.74 Å². The third-order valence-electron chi connectivity index (χ3n) is 5.12. The molecule has 0 spiro atoms. The molecule has 1 unspecified atom stereocenters. The summed E-state index contributed by atoms with van der Waals surface area (Å²) < 4.78 is 5.72. The van der Waals surface area contributed by atoms with E-state index >= 15 is 0 Å². The molecule has 0 aromatic carbocycles. The Morgan fingerprint density at radius 1 is 1.23 bits per heavy atom. The fourth-order valence-electron chi connectivity index (χ4n) is 3.26. The van der Waals surface area contributed by atoms with Crippen LogP contribution in [0.1, 0.15) is 32.1 Å². The standard InChI is InChI=1S/C17H32N4O/c1-18-17(20(2)9-10-22-13-14-3-4-14)19-11-15-7-8-21(12-15)16-5-6-16/h14-16H,3-13H2,1-2H3,(H,18,19). The normalized spacial score (nSPS) is 26.5. The maximum Gasteiger partial charge on any atom is 0.193 e. The second-order valence-electron chi connectivity index (χ2n) is 7.25. The lowest BCUT2D eigenvalue weighted by Crippen LogP contribution is -2.42. The highest BCUT2D eigenvalue weighted by Gasteiger charge is 2.34. The number of hydrogen-bond donors (Lipinski definition) is 1. The molecule has 0 aromatic rings. The summed E-state index contributed by atoms with van der Waals surface area (Å²) in [4.78, 5) is 9.26. The first-order valence-electron chi connectivity index (χ1n) is 9.00. The molecule has 126 valence electrons. The molecule has 0 aromatic heterocycles. The molecule has 22 heavy (non-hydrogen) atoms. The zero-order chi connectivity index (χ0) is 15.4. The minimum Gasteiger partial charge on any atom is -0.379 e. The van der Waals surface area contributed by atoms with Crippen molar-refractivity contribution in [3.8, 4) is 0 Å². The summed E-state index contributed by atoms with van der Waals surface area (Å²) in [5, 5.41) is 3.55. The molecular weight excluding hydrogens is 276 g/mol. The molecule has 1 N–H and O–H groups in total. The maximum atomic E-state index is 5.72. The van der Waals surface area contributed by atoms with Gasteiger partial charge in [0.2, 0.25) is 0 Å². The van der Waals surface area contributed by atoms with Gasteiger partial charge in [-0.2, -0.15) is 0 Å². The monoisotopic (exact) mass is 308 g/mol. The van der Waals surface area contributed by atoms with E-state index in [0.717, 1.165) is 50.1 Å². The molecule has 0 amide bonds. The van der Waals surface area contributed by atoms with E-state index in [9.17, 15) is 0 Å². The fourth-order valence-corrected chi connectivity index (χ4v) is 3.26. The van der Waals surface area contributed by atoms with Crippen molar-refractivity contribution in [2.75, 3.05) is 53.5 Å². The van der Waals surface area contributed by atoms with Crippen molar-refractivity contribution in [3.63, 3.8) is 0 Å². The van der Waals surface area contributed by atoms with Crippen LogP contribution < -0.4 is 5.32 Å². The van der Waals surface area contributed by atoms with Crippen LogP contribution in [0.5, 0.6) is 0 Å². The minimum atomic E-state index is 0.775. The van der Waals surface area contributed by atoms with Crippen molar-refractivity contribution >= 4 is 5.96 Å². The summed E-state index contributed by atoms with van der Waals surface area (Å²) in [5.41, 5.74) is 0. The Morgan fingerprint density at radius 2 is 2.05 bits per heavy atom. The van der Waals surface area contributed by atoms with Gasteiger partial charge in [0, 0.05) is 46.4 Å². The Hall–Kier alpha value is -0.810. The van der Waals surface area contributed by atoms with E-state index < -0.39 is 0 Å². The average molecular weight is 308 g/mol. The SMILES string of the molecule is CN=C(NCC1CCN(C2CC2)C1)N(C)CCOCC1CC1. The highest BCUT2D eigenvalue weighted by Crippen LogP contribution is 2.31. The average Bonchev–Trinajstić information content (AvgIpc) is 3.45. The van der Waals surface area contributed by atoms with Crippen LogP contribution in [0.4, 0.5) is 0 Å². The molecule has 2 aliphatic carbocycles. The molecule has 3 aliphatic rings. The number of aliphatic imine (C=N–C) groups is 1. The number of hydrogen-bond acceptors (Lipinski definition) is 3. The lowest BCUT2D eigenvalue weighted by molar-refractivity contribution is 0.115. The molecule has 3 fully saturated rings. The van der Waals surface area contributed by atoms with E-state index in [0.29, 0.717) is 0 Å². The predicted molar refractivity (Wildman–Crippen MR) is 90.2 cm³/mol. The van der Waals surface area contributed by atoms with Gasteiger partial charge in [-0.1, -0.05) is 0 Å². The molecule has 3 rings (SSSR count). The van der Waals surface area contributed by atoms with E-state index in [2.05, 4.69) is 27.2 Å². The number of ether oxygens (including phenoxy) is 1. The molecule has 5 nitrogen and oxygen atoms in total. The van der Waals surface area contributed by atoms with Crippen LogP contribution in [-0.2, 0) is 4.74 Å². The quantitative estimate of drug-likeness (QED) is 0.418. The van der Waals surface area contributed by atoms with Crippen molar-refractivity contribution in [2.24, 2.45) is 16.8 Å². The molecule has 0 radical (unpaired) electrons. The van der Waals surface area contributed by atoms with E-state index in [1.165, 1.54) is 45.2 Å². The highest BCUT2D eigenvalue weighted by molar-refractivity contribution is 5.79. The molecule has 0 bridgehead atoms. The zero-order valence-electron chi connectivity index (χ0n) is 14.3. The van der Waals surface area contributed by atoms with Gasteiger partial charge in [0.05, 0.1) is 6.61 Å². The van der Waals surface area contributed by atoms with Gasteiger partial charge in [0.25, 0.3) is 0 Å². The lowest BCUT2D eigenvalue weighted by Gasteiger charge is -2.23. The molecule has 1 saturated heterocycles. The maximum absolute atomic E-state index is 5.72. The highest BCUT2D eigenvalue weighted by atomic mass is 16.5. The number of likely N-dealkylation sites (N-methyl/N-ethyl adjacent to an activating group) is 1.